The van der Waals surface area contributed by atoms with Gasteiger partial charge in [-0.15, -0.1) is 0 Å². The number of hydrogen-bond acceptors (Lipinski definition) is 5. The molecule has 1 saturated heterocycles. The number of hydrogen-bond donors (Lipinski definition) is 0. The van der Waals surface area contributed by atoms with E-state index in [0.717, 1.165) is 44.4 Å². The van der Waals surface area contributed by atoms with Crippen molar-refractivity contribution in [2.24, 2.45) is 0 Å². The minimum absolute atomic E-state index is 0.384. The summed E-state index contributed by atoms with van der Waals surface area (Å²) in [6.45, 7) is 6.69. The monoisotopic (exact) mass is 267 g/mol. The Balaban J connectivity index is 1.88. The van der Waals surface area contributed by atoms with Gasteiger partial charge in [0, 0.05) is 39.7 Å². The number of nitrogens with zero attached hydrogens (tertiary/aromatic N) is 3. The molecule has 19 heavy (non-hydrogen) atoms. The third kappa shape index (κ3) is 4.93. The summed E-state index contributed by atoms with van der Waals surface area (Å²) < 4.78 is 11.0. The van der Waals surface area contributed by atoms with Crippen LogP contribution in [0.2, 0.25) is 0 Å². The third-order valence-electron chi connectivity index (χ3n) is 3.40. The zero-order valence-corrected chi connectivity index (χ0v) is 12.3. The van der Waals surface area contributed by atoms with E-state index >= 15 is 0 Å². The number of ether oxygens (including phenoxy) is 1. The first-order valence-electron chi connectivity index (χ1n) is 7.03. The summed E-state index contributed by atoms with van der Waals surface area (Å²) in [5, 5.41) is 0. The molecule has 1 aliphatic heterocycles. The van der Waals surface area contributed by atoms with Crippen LogP contribution in [0.25, 0.3) is 0 Å². The Labute approximate surface area is 115 Å². The fraction of sp³-hybridized carbons (Fsp3) is 0.786. The van der Waals surface area contributed by atoms with E-state index in [9.17, 15) is 0 Å². The van der Waals surface area contributed by atoms with Crippen LogP contribution >= 0.6 is 0 Å². The molecule has 0 amide bonds. The smallest absolute Gasteiger partial charge is 0.191 e. The molecular weight excluding hydrogens is 242 g/mol. The number of aromatic nitrogens is 1. The number of aryl methyl sites for hydroxylation is 1. The Morgan fingerprint density at radius 1 is 1.37 bits per heavy atom. The van der Waals surface area contributed by atoms with E-state index in [1.54, 1.807) is 6.26 Å². The summed E-state index contributed by atoms with van der Waals surface area (Å²) in [6.07, 6.45) is 4.51. The first-order chi connectivity index (χ1) is 9.13. The van der Waals surface area contributed by atoms with Gasteiger partial charge in [0.2, 0.25) is 0 Å². The van der Waals surface area contributed by atoms with Crippen molar-refractivity contribution in [2.45, 2.75) is 32.4 Å². The fourth-order valence-electron chi connectivity index (χ4n) is 2.36. The Bertz CT molecular complexity index is 373. The van der Waals surface area contributed by atoms with E-state index in [1.165, 1.54) is 12.8 Å². The summed E-state index contributed by atoms with van der Waals surface area (Å²) in [6, 6.07) is 0. The van der Waals surface area contributed by atoms with Crippen LogP contribution in [0.3, 0.4) is 0 Å². The van der Waals surface area contributed by atoms with Gasteiger partial charge >= 0.3 is 0 Å². The van der Waals surface area contributed by atoms with Gasteiger partial charge in [-0.2, -0.15) is 0 Å². The van der Waals surface area contributed by atoms with Gasteiger partial charge in [-0.05, 0) is 26.9 Å². The van der Waals surface area contributed by atoms with E-state index in [4.69, 9.17) is 9.15 Å². The number of oxazole rings is 1. The molecule has 0 N–H and O–H groups in total. The normalized spacial score (nSPS) is 19.7. The molecule has 0 saturated carbocycles. The molecular formula is C14H25N3O2. The molecule has 1 fully saturated rings. The van der Waals surface area contributed by atoms with Gasteiger partial charge in [0.05, 0.1) is 11.8 Å². The largest absolute Gasteiger partial charge is 0.449 e. The average Bonchev–Trinajstić information content (AvgIpc) is 2.98. The first kappa shape index (κ1) is 14.5. The van der Waals surface area contributed by atoms with Crippen LogP contribution in [-0.2, 0) is 11.3 Å². The average molecular weight is 267 g/mol. The predicted octanol–water partition coefficient (Wildman–Crippen LogP) is 1.53. The lowest BCUT2D eigenvalue weighted by Gasteiger charge is -2.25. The van der Waals surface area contributed by atoms with Crippen LogP contribution in [0.4, 0.5) is 0 Å². The number of rotatable bonds is 7. The molecule has 0 bridgehead atoms. The molecule has 1 atom stereocenters. The molecule has 1 aliphatic rings. The Morgan fingerprint density at radius 2 is 2.21 bits per heavy atom. The summed E-state index contributed by atoms with van der Waals surface area (Å²) in [5.41, 5.74) is 1.01. The quantitative estimate of drug-likeness (QED) is 0.749. The van der Waals surface area contributed by atoms with Gasteiger partial charge in [0.25, 0.3) is 0 Å². The van der Waals surface area contributed by atoms with Crippen molar-refractivity contribution in [1.82, 2.24) is 14.8 Å². The van der Waals surface area contributed by atoms with Crippen LogP contribution in [0.5, 0.6) is 0 Å². The van der Waals surface area contributed by atoms with Gasteiger partial charge in [0.15, 0.2) is 5.89 Å². The highest BCUT2D eigenvalue weighted by molar-refractivity contribution is 4.95. The van der Waals surface area contributed by atoms with Crippen molar-refractivity contribution in [2.75, 3.05) is 40.3 Å². The second kappa shape index (κ2) is 7.03. The second-order valence-corrected chi connectivity index (χ2v) is 5.53. The molecule has 1 aromatic heterocycles. The molecule has 0 aromatic carbocycles. The lowest BCUT2D eigenvalue weighted by Crippen LogP contribution is -2.36. The SMILES string of the molecule is Cc1nc(CN(CCN(C)C)C[C@H]2CCCO2)co1. The van der Waals surface area contributed by atoms with Gasteiger partial charge < -0.3 is 14.1 Å². The summed E-state index contributed by atoms with van der Waals surface area (Å²) in [7, 11) is 4.20. The van der Waals surface area contributed by atoms with Crippen molar-refractivity contribution in [3.63, 3.8) is 0 Å². The maximum Gasteiger partial charge on any atom is 0.191 e. The summed E-state index contributed by atoms with van der Waals surface area (Å²) in [4.78, 5) is 9.00. The fourth-order valence-corrected chi connectivity index (χ4v) is 2.36. The maximum atomic E-state index is 5.73. The van der Waals surface area contributed by atoms with Crippen molar-refractivity contribution in [3.8, 4) is 0 Å². The molecule has 0 aliphatic carbocycles. The van der Waals surface area contributed by atoms with Crippen molar-refractivity contribution in [3.05, 3.63) is 17.8 Å². The van der Waals surface area contributed by atoms with E-state index < -0.39 is 0 Å². The molecule has 2 heterocycles. The molecule has 108 valence electrons. The Hall–Kier alpha value is -0.910. The molecule has 5 nitrogen and oxygen atoms in total. The van der Waals surface area contributed by atoms with Crippen LogP contribution < -0.4 is 0 Å². The molecule has 1 aromatic rings. The van der Waals surface area contributed by atoms with Crippen molar-refractivity contribution >= 4 is 0 Å². The van der Waals surface area contributed by atoms with Gasteiger partial charge in [-0.3, -0.25) is 4.90 Å². The van der Waals surface area contributed by atoms with Gasteiger partial charge in [-0.25, -0.2) is 4.98 Å². The van der Waals surface area contributed by atoms with Gasteiger partial charge in [0.1, 0.15) is 6.26 Å². The van der Waals surface area contributed by atoms with E-state index in [0.29, 0.717) is 6.10 Å². The highest BCUT2D eigenvalue weighted by atomic mass is 16.5. The highest BCUT2D eigenvalue weighted by Crippen LogP contribution is 2.15. The lowest BCUT2D eigenvalue weighted by molar-refractivity contribution is 0.0678. The van der Waals surface area contributed by atoms with E-state index in [-0.39, 0.29) is 0 Å². The number of likely N-dealkylation sites (N-methyl/N-ethyl adjacent to an activating group) is 1. The topological polar surface area (TPSA) is 41.7 Å². The minimum atomic E-state index is 0.384. The minimum Gasteiger partial charge on any atom is -0.449 e. The molecule has 0 unspecified atom stereocenters. The molecule has 5 heteroatoms. The summed E-state index contributed by atoms with van der Waals surface area (Å²) in [5.74, 6) is 0.736. The Kier molecular flexibility index (Phi) is 5.36. The second-order valence-electron chi connectivity index (χ2n) is 5.53. The van der Waals surface area contributed by atoms with Crippen molar-refractivity contribution in [1.29, 1.82) is 0 Å². The first-order valence-corrected chi connectivity index (χ1v) is 7.03. The zero-order chi connectivity index (χ0) is 13.7. The van der Waals surface area contributed by atoms with Crippen LogP contribution in [0.15, 0.2) is 10.7 Å². The van der Waals surface area contributed by atoms with Crippen LogP contribution in [0, 0.1) is 6.92 Å². The third-order valence-corrected chi connectivity index (χ3v) is 3.40. The van der Waals surface area contributed by atoms with Crippen molar-refractivity contribution < 1.29 is 9.15 Å². The lowest BCUT2D eigenvalue weighted by atomic mass is 10.2. The van der Waals surface area contributed by atoms with Gasteiger partial charge in [-0.1, -0.05) is 0 Å². The predicted molar refractivity (Wildman–Crippen MR) is 74.0 cm³/mol. The van der Waals surface area contributed by atoms with Crippen LogP contribution in [-0.4, -0.2) is 61.2 Å². The van der Waals surface area contributed by atoms with E-state index in [1.807, 2.05) is 6.92 Å². The molecule has 0 spiro atoms. The Morgan fingerprint density at radius 3 is 2.79 bits per heavy atom. The maximum absolute atomic E-state index is 5.73. The highest BCUT2D eigenvalue weighted by Gasteiger charge is 2.20. The zero-order valence-electron chi connectivity index (χ0n) is 12.3. The molecule has 2 rings (SSSR count). The standard InChI is InChI=1S/C14H25N3O2/c1-12-15-13(11-19-12)9-17(7-6-16(2)3)10-14-5-4-8-18-14/h11,14H,4-10H2,1-3H3/t14-/m1/s1. The molecule has 0 radical (unpaired) electrons. The van der Waals surface area contributed by atoms with Crippen LogP contribution in [0.1, 0.15) is 24.4 Å². The van der Waals surface area contributed by atoms with E-state index in [2.05, 4.69) is 28.9 Å². The summed E-state index contributed by atoms with van der Waals surface area (Å²) >= 11 is 0.